The lowest BCUT2D eigenvalue weighted by molar-refractivity contribution is -0.138. The van der Waals surface area contributed by atoms with Gasteiger partial charge in [-0.15, -0.1) is 0 Å². The van der Waals surface area contributed by atoms with Gasteiger partial charge in [-0.05, 0) is 35.2 Å². The fourth-order valence-electron chi connectivity index (χ4n) is 2.54. The molecule has 2 aliphatic heterocycles. The van der Waals surface area contributed by atoms with Crippen molar-refractivity contribution in [3.63, 3.8) is 0 Å². The molecular formula is C12H16N2OS. The highest BCUT2D eigenvalue weighted by atomic mass is 32.1. The molecule has 2 fully saturated rings. The number of nitrogens with zero attached hydrogens (tertiary/aromatic N) is 1. The number of thiophene rings is 1. The van der Waals surface area contributed by atoms with Crippen LogP contribution in [0, 0.1) is 5.92 Å². The summed E-state index contributed by atoms with van der Waals surface area (Å²) < 4.78 is 0. The van der Waals surface area contributed by atoms with Gasteiger partial charge in [0.25, 0.3) is 0 Å². The van der Waals surface area contributed by atoms with E-state index >= 15 is 0 Å². The first kappa shape index (κ1) is 10.3. The Morgan fingerprint density at radius 2 is 2.38 bits per heavy atom. The van der Waals surface area contributed by atoms with Gasteiger partial charge in [-0.2, -0.15) is 11.3 Å². The zero-order valence-corrected chi connectivity index (χ0v) is 10.0. The maximum absolute atomic E-state index is 12.2. The van der Waals surface area contributed by atoms with Gasteiger partial charge in [-0.3, -0.25) is 4.79 Å². The van der Waals surface area contributed by atoms with Crippen LogP contribution in [0.15, 0.2) is 16.8 Å². The van der Waals surface area contributed by atoms with E-state index in [1.165, 1.54) is 5.56 Å². The largest absolute Gasteiger partial charge is 0.335 e. The zero-order valence-electron chi connectivity index (χ0n) is 9.19. The third-order valence-corrected chi connectivity index (χ3v) is 4.30. The lowest BCUT2D eigenvalue weighted by Crippen LogP contribution is -2.51. The Bertz CT molecular complexity index is 372. The van der Waals surface area contributed by atoms with Crippen molar-refractivity contribution in [3.05, 3.63) is 22.4 Å². The van der Waals surface area contributed by atoms with Gasteiger partial charge in [0.15, 0.2) is 0 Å². The molecule has 3 rings (SSSR count). The SMILES string of the molecule is O=C(C1CNC1)N1CCCC1c1ccsc1. The molecule has 4 heteroatoms. The fourth-order valence-corrected chi connectivity index (χ4v) is 3.25. The predicted molar refractivity (Wildman–Crippen MR) is 64.4 cm³/mol. The van der Waals surface area contributed by atoms with E-state index in [2.05, 4.69) is 27.0 Å². The molecule has 0 saturated carbocycles. The summed E-state index contributed by atoms with van der Waals surface area (Å²) in [7, 11) is 0. The van der Waals surface area contributed by atoms with Crippen molar-refractivity contribution >= 4 is 17.2 Å². The first-order chi connectivity index (χ1) is 7.86. The van der Waals surface area contributed by atoms with Crippen molar-refractivity contribution in [2.45, 2.75) is 18.9 Å². The van der Waals surface area contributed by atoms with Gasteiger partial charge in [-0.1, -0.05) is 0 Å². The third kappa shape index (κ3) is 1.66. The zero-order chi connectivity index (χ0) is 11.0. The van der Waals surface area contributed by atoms with Crippen LogP contribution in [-0.4, -0.2) is 30.4 Å². The number of hydrogen-bond acceptors (Lipinski definition) is 3. The number of nitrogens with one attached hydrogen (secondary N) is 1. The van der Waals surface area contributed by atoms with Crippen LogP contribution in [0.25, 0.3) is 0 Å². The predicted octanol–water partition coefficient (Wildman–Crippen LogP) is 1.63. The van der Waals surface area contributed by atoms with E-state index in [9.17, 15) is 4.79 Å². The summed E-state index contributed by atoms with van der Waals surface area (Å²) in [5, 5.41) is 7.44. The van der Waals surface area contributed by atoms with E-state index in [4.69, 9.17) is 0 Å². The minimum absolute atomic E-state index is 0.235. The minimum atomic E-state index is 0.235. The maximum atomic E-state index is 12.2. The Morgan fingerprint density at radius 1 is 1.50 bits per heavy atom. The van der Waals surface area contributed by atoms with Crippen LogP contribution in [0.4, 0.5) is 0 Å². The van der Waals surface area contributed by atoms with Gasteiger partial charge in [0, 0.05) is 19.6 Å². The second-order valence-corrected chi connectivity index (χ2v) is 5.38. The average molecular weight is 236 g/mol. The maximum Gasteiger partial charge on any atom is 0.228 e. The van der Waals surface area contributed by atoms with Crippen LogP contribution in [0.2, 0.25) is 0 Å². The average Bonchev–Trinajstić information content (AvgIpc) is 2.85. The van der Waals surface area contributed by atoms with Gasteiger partial charge in [0.05, 0.1) is 12.0 Å². The summed E-state index contributed by atoms with van der Waals surface area (Å²) in [4.78, 5) is 14.3. The Morgan fingerprint density at radius 3 is 3.00 bits per heavy atom. The van der Waals surface area contributed by atoms with Crippen molar-refractivity contribution in [2.24, 2.45) is 5.92 Å². The lowest BCUT2D eigenvalue weighted by Gasteiger charge is -2.33. The van der Waals surface area contributed by atoms with Gasteiger partial charge in [0.1, 0.15) is 0 Å². The Hall–Kier alpha value is -0.870. The summed E-state index contributed by atoms with van der Waals surface area (Å²) in [5.41, 5.74) is 1.32. The first-order valence-corrected chi connectivity index (χ1v) is 6.84. The Balaban J connectivity index is 1.76. The van der Waals surface area contributed by atoms with Crippen LogP contribution in [0.1, 0.15) is 24.4 Å². The molecule has 3 heterocycles. The molecule has 1 aromatic rings. The van der Waals surface area contributed by atoms with Crippen molar-refractivity contribution in [3.8, 4) is 0 Å². The highest BCUT2D eigenvalue weighted by Gasteiger charge is 2.36. The van der Waals surface area contributed by atoms with E-state index < -0.39 is 0 Å². The summed E-state index contributed by atoms with van der Waals surface area (Å²) in [6.07, 6.45) is 2.27. The van der Waals surface area contributed by atoms with Crippen LogP contribution in [0.3, 0.4) is 0 Å². The monoisotopic (exact) mass is 236 g/mol. The first-order valence-electron chi connectivity index (χ1n) is 5.89. The van der Waals surface area contributed by atoms with Crippen molar-refractivity contribution < 1.29 is 4.79 Å². The molecular weight excluding hydrogens is 220 g/mol. The van der Waals surface area contributed by atoms with E-state index in [-0.39, 0.29) is 5.92 Å². The number of amides is 1. The number of likely N-dealkylation sites (tertiary alicyclic amines) is 1. The highest BCUT2D eigenvalue weighted by Crippen LogP contribution is 2.34. The molecule has 1 atom stereocenters. The summed E-state index contributed by atoms with van der Waals surface area (Å²) in [5.74, 6) is 0.590. The molecule has 1 amide bonds. The minimum Gasteiger partial charge on any atom is -0.335 e. The number of carbonyl (C=O) groups is 1. The quantitative estimate of drug-likeness (QED) is 0.846. The second kappa shape index (κ2) is 4.18. The van der Waals surface area contributed by atoms with E-state index in [0.29, 0.717) is 11.9 Å². The smallest absolute Gasteiger partial charge is 0.228 e. The standard InChI is InChI=1S/C12H16N2OS/c15-12(10-6-13-7-10)14-4-1-2-11(14)9-3-5-16-8-9/h3,5,8,10-11,13H,1-2,4,6-7H2. The van der Waals surface area contributed by atoms with Gasteiger partial charge in [-0.25, -0.2) is 0 Å². The molecule has 0 radical (unpaired) electrons. The molecule has 3 nitrogen and oxygen atoms in total. The molecule has 2 saturated heterocycles. The Kier molecular flexibility index (Phi) is 2.69. The summed E-state index contributed by atoms with van der Waals surface area (Å²) >= 11 is 1.72. The molecule has 0 bridgehead atoms. The summed E-state index contributed by atoms with van der Waals surface area (Å²) in [6, 6.07) is 2.50. The van der Waals surface area contributed by atoms with Gasteiger partial charge in [0.2, 0.25) is 5.91 Å². The molecule has 2 aliphatic rings. The molecule has 1 aromatic heterocycles. The Labute approximate surface area is 99.5 Å². The fraction of sp³-hybridized carbons (Fsp3) is 0.583. The topological polar surface area (TPSA) is 32.3 Å². The van der Waals surface area contributed by atoms with Gasteiger partial charge < -0.3 is 10.2 Å². The second-order valence-electron chi connectivity index (χ2n) is 4.60. The van der Waals surface area contributed by atoms with E-state index in [1.54, 1.807) is 11.3 Å². The molecule has 1 unspecified atom stereocenters. The van der Waals surface area contributed by atoms with Crippen LogP contribution in [-0.2, 0) is 4.79 Å². The van der Waals surface area contributed by atoms with Crippen molar-refractivity contribution in [1.29, 1.82) is 0 Å². The molecule has 16 heavy (non-hydrogen) atoms. The third-order valence-electron chi connectivity index (χ3n) is 3.59. The van der Waals surface area contributed by atoms with E-state index in [1.807, 2.05) is 0 Å². The van der Waals surface area contributed by atoms with E-state index in [0.717, 1.165) is 32.5 Å². The summed E-state index contributed by atoms with van der Waals surface area (Å²) in [6.45, 7) is 2.67. The van der Waals surface area contributed by atoms with Crippen molar-refractivity contribution in [1.82, 2.24) is 10.2 Å². The lowest BCUT2D eigenvalue weighted by atomic mass is 10.0. The van der Waals surface area contributed by atoms with Crippen molar-refractivity contribution in [2.75, 3.05) is 19.6 Å². The van der Waals surface area contributed by atoms with Gasteiger partial charge >= 0.3 is 0 Å². The number of hydrogen-bond donors (Lipinski definition) is 1. The normalized spacial score (nSPS) is 25.8. The molecule has 86 valence electrons. The highest BCUT2D eigenvalue weighted by molar-refractivity contribution is 7.07. The molecule has 1 N–H and O–H groups in total. The molecule has 0 spiro atoms. The molecule has 0 aliphatic carbocycles. The van der Waals surface area contributed by atoms with Crippen LogP contribution < -0.4 is 5.32 Å². The number of carbonyl (C=O) groups excluding carboxylic acids is 1. The van der Waals surface area contributed by atoms with Crippen LogP contribution >= 0.6 is 11.3 Å². The van der Waals surface area contributed by atoms with Crippen LogP contribution in [0.5, 0.6) is 0 Å². The number of rotatable bonds is 2. The molecule has 0 aromatic carbocycles.